The van der Waals surface area contributed by atoms with E-state index in [2.05, 4.69) is 17.4 Å². The first-order valence-corrected chi connectivity index (χ1v) is 7.08. The average Bonchev–Trinajstić information content (AvgIpc) is 2.53. The van der Waals surface area contributed by atoms with E-state index < -0.39 is 0 Å². The Balaban J connectivity index is 1.81. The normalized spacial score (nSPS) is 10.9. The van der Waals surface area contributed by atoms with Crippen molar-refractivity contribution in [3.63, 3.8) is 0 Å². The molecule has 0 aliphatic heterocycles. The molecule has 0 fully saturated rings. The Morgan fingerprint density at radius 2 is 1.67 bits per heavy atom. The molecule has 0 saturated carbocycles. The zero-order chi connectivity index (χ0) is 14.7. The van der Waals surface area contributed by atoms with Crippen LogP contribution in [0.25, 0.3) is 10.9 Å². The van der Waals surface area contributed by atoms with E-state index in [1.807, 2.05) is 55.6 Å². The van der Waals surface area contributed by atoms with Gasteiger partial charge >= 0.3 is 0 Å². The van der Waals surface area contributed by atoms with Gasteiger partial charge in [0.1, 0.15) is 0 Å². The monoisotopic (exact) mass is 278 g/mol. The van der Waals surface area contributed by atoms with Gasteiger partial charge in [-0.1, -0.05) is 48.5 Å². The van der Waals surface area contributed by atoms with Crippen LogP contribution in [0.2, 0.25) is 0 Å². The molecule has 21 heavy (non-hydrogen) atoms. The van der Waals surface area contributed by atoms with Gasteiger partial charge in [0.25, 0.3) is 5.56 Å². The fourth-order valence-corrected chi connectivity index (χ4v) is 2.55. The highest BCUT2D eigenvalue weighted by molar-refractivity contribution is 5.79. The fraction of sp³-hybridized carbons (Fsp3) is 0.167. The Morgan fingerprint density at radius 3 is 2.48 bits per heavy atom. The van der Waals surface area contributed by atoms with E-state index in [4.69, 9.17) is 0 Å². The minimum absolute atomic E-state index is 0.0641. The molecule has 0 aliphatic rings. The molecule has 3 rings (SSSR count). The predicted molar refractivity (Wildman–Crippen MR) is 86.2 cm³/mol. The minimum atomic E-state index is 0.0641. The van der Waals surface area contributed by atoms with Gasteiger partial charge in [-0.3, -0.25) is 4.79 Å². The summed E-state index contributed by atoms with van der Waals surface area (Å²) in [6.07, 6.45) is 0. The lowest BCUT2D eigenvalue weighted by Crippen LogP contribution is -2.25. The standard InChI is InChI=1S/C18H18N2O/c1-20-17-10-6-5-9-15(17)11-16(18(20)21)13-19-12-14-7-3-2-4-8-14/h2-11,19H,12-13H2,1H3. The summed E-state index contributed by atoms with van der Waals surface area (Å²) in [5.41, 5.74) is 3.05. The summed E-state index contributed by atoms with van der Waals surface area (Å²) < 4.78 is 1.72. The van der Waals surface area contributed by atoms with Gasteiger partial charge in [0.05, 0.1) is 5.52 Å². The van der Waals surface area contributed by atoms with Crippen LogP contribution < -0.4 is 10.9 Å². The lowest BCUT2D eigenvalue weighted by Gasteiger charge is -2.09. The van der Waals surface area contributed by atoms with Crippen molar-refractivity contribution in [2.45, 2.75) is 13.1 Å². The van der Waals surface area contributed by atoms with Crippen LogP contribution in [0.15, 0.2) is 65.5 Å². The molecular weight excluding hydrogens is 260 g/mol. The maximum atomic E-state index is 12.3. The summed E-state index contributed by atoms with van der Waals surface area (Å²) >= 11 is 0. The minimum Gasteiger partial charge on any atom is -0.311 e. The average molecular weight is 278 g/mol. The molecule has 0 radical (unpaired) electrons. The molecular formula is C18H18N2O. The number of nitrogens with one attached hydrogen (secondary N) is 1. The van der Waals surface area contributed by atoms with Crippen LogP contribution in [-0.4, -0.2) is 4.57 Å². The molecule has 2 aromatic carbocycles. The molecule has 3 aromatic rings. The third-order valence-corrected chi connectivity index (χ3v) is 3.69. The van der Waals surface area contributed by atoms with E-state index in [1.54, 1.807) is 4.57 Å². The van der Waals surface area contributed by atoms with Gasteiger partial charge in [-0.15, -0.1) is 0 Å². The molecule has 0 bridgehead atoms. The molecule has 3 heteroatoms. The van der Waals surface area contributed by atoms with E-state index in [9.17, 15) is 4.79 Å². The van der Waals surface area contributed by atoms with Crippen LogP contribution in [0.4, 0.5) is 0 Å². The maximum Gasteiger partial charge on any atom is 0.255 e. The number of benzene rings is 2. The maximum absolute atomic E-state index is 12.3. The molecule has 1 N–H and O–H groups in total. The number of nitrogens with zero attached hydrogens (tertiary/aromatic N) is 1. The van der Waals surface area contributed by atoms with E-state index in [1.165, 1.54) is 5.56 Å². The first kappa shape index (κ1) is 13.6. The summed E-state index contributed by atoms with van der Waals surface area (Å²) in [6.45, 7) is 1.34. The zero-order valence-electron chi connectivity index (χ0n) is 12.0. The molecule has 0 amide bonds. The van der Waals surface area contributed by atoms with Crippen molar-refractivity contribution in [3.8, 4) is 0 Å². The van der Waals surface area contributed by atoms with Crippen molar-refractivity contribution < 1.29 is 0 Å². The number of hydrogen-bond donors (Lipinski definition) is 1. The van der Waals surface area contributed by atoms with Crippen molar-refractivity contribution in [1.29, 1.82) is 0 Å². The molecule has 1 heterocycles. The Bertz CT molecular complexity index is 806. The van der Waals surface area contributed by atoms with Crippen LogP contribution in [0.1, 0.15) is 11.1 Å². The lowest BCUT2D eigenvalue weighted by molar-refractivity contribution is 0.682. The van der Waals surface area contributed by atoms with E-state index in [0.717, 1.165) is 23.0 Å². The van der Waals surface area contributed by atoms with Gasteiger partial charge in [0.15, 0.2) is 0 Å². The van der Waals surface area contributed by atoms with Gasteiger partial charge in [-0.25, -0.2) is 0 Å². The van der Waals surface area contributed by atoms with E-state index in [-0.39, 0.29) is 5.56 Å². The second-order valence-corrected chi connectivity index (χ2v) is 5.18. The quantitative estimate of drug-likeness (QED) is 0.796. The Morgan fingerprint density at radius 1 is 0.952 bits per heavy atom. The van der Waals surface area contributed by atoms with Crippen LogP contribution >= 0.6 is 0 Å². The summed E-state index contributed by atoms with van der Waals surface area (Å²) in [6, 6.07) is 20.1. The van der Waals surface area contributed by atoms with Gasteiger partial charge in [-0.05, 0) is 23.1 Å². The number of rotatable bonds is 4. The molecule has 0 unspecified atom stereocenters. The molecule has 3 nitrogen and oxygen atoms in total. The van der Waals surface area contributed by atoms with Gasteiger partial charge in [-0.2, -0.15) is 0 Å². The van der Waals surface area contributed by atoms with E-state index in [0.29, 0.717) is 6.54 Å². The predicted octanol–water partition coefficient (Wildman–Crippen LogP) is 2.83. The number of pyridine rings is 1. The highest BCUT2D eigenvalue weighted by Crippen LogP contribution is 2.12. The number of fused-ring (bicyclic) bond motifs is 1. The van der Waals surface area contributed by atoms with Crippen LogP contribution in [-0.2, 0) is 20.1 Å². The smallest absolute Gasteiger partial charge is 0.255 e. The molecule has 0 saturated heterocycles. The van der Waals surface area contributed by atoms with Crippen LogP contribution in [0.5, 0.6) is 0 Å². The van der Waals surface area contributed by atoms with Gasteiger partial charge in [0, 0.05) is 25.7 Å². The number of hydrogen-bond acceptors (Lipinski definition) is 2. The summed E-state index contributed by atoms with van der Waals surface area (Å²) in [4.78, 5) is 12.3. The van der Waals surface area contributed by atoms with Crippen molar-refractivity contribution >= 4 is 10.9 Å². The summed E-state index contributed by atoms with van der Waals surface area (Å²) in [5, 5.41) is 4.43. The number of aromatic nitrogens is 1. The third-order valence-electron chi connectivity index (χ3n) is 3.69. The zero-order valence-corrected chi connectivity index (χ0v) is 12.0. The second-order valence-electron chi connectivity index (χ2n) is 5.18. The molecule has 0 aliphatic carbocycles. The Hall–Kier alpha value is -2.39. The Labute approximate surface area is 123 Å². The summed E-state index contributed by atoms with van der Waals surface area (Å²) in [7, 11) is 1.82. The number of aryl methyl sites for hydroxylation is 1. The van der Waals surface area contributed by atoms with Crippen molar-refractivity contribution in [2.75, 3.05) is 0 Å². The first-order valence-electron chi connectivity index (χ1n) is 7.08. The van der Waals surface area contributed by atoms with Crippen molar-refractivity contribution in [3.05, 3.63) is 82.1 Å². The topological polar surface area (TPSA) is 34.0 Å². The Kier molecular flexibility index (Phi) is 3.84. The fourth-order valence-electron chi connectivity index (χ4n) is 2.55. The van der Waals surface area contributed by atoms with Gasteiger partial charge < -0.3 is 9.88 Å². The molecule has 0 atom stereocenters. The summed E-state index contributed by atoms with van der Waals surface area (Å²) in [5.74, 6) is 0. The number of para-hydroxylation sites is 1. The lowest BCUT2D eigenvalue weighted by atomic mass is 10.1. The molecule has 106 valence electrons. The second kappa shape index (κ2) is 5.94. The third kappa shape index (κ3) is 2.88. The first-order chi connectivity index (χ1) is 10.3. The van der Waals surface area contributed by atoms with Crippen LogP contribution in [0, 0.1) is 0 Å². The SMILES string of the molecule is Cn1c(=O)c(CNCc2ccccc2)cc2ccccc21. The highest BCUT2D eigenvalue weighted by atomic mass is 16.1. The molecule has 0 spiro atoms. The van der Waals surface area contributed by atoms with Gasteiger partial charge in [0.2, 0.25) is 0 Å². The van der Waals surface area contributed by atoms with Crippen LogP contribution in [0.3, 0.4) is 0 Å². The van der Waals surface area contributed by atoms with Crippen molar-refractivity contribution in [1.82, 2.24) is 9.88 Å². The highest BCUT2D eigenvalue weighted by Gasteiger charge is 2.05. The molecule has 1 aromatic heterocycles. The largest absolute Gasteiger partial charge is 0.311 e. The van der Waals surface area contributed by atoms with E-state index >= 15 is 0 Å². The van der Waals surface area contributed by atoms with Crippen molar-refractivity contribution in [2.24, 2.45) is 7.05 Å².